The van der Waals surface area contributed by atoms with Crippen molar-refractivity contribution in [3.63, 3.8) is 0 Å². The van der Waals surface area contributed by atoms with Gasteiger partial charge in [0.05, 0.1) is 29.4 Å². The van der Waals surface area contributed by atoms with Gasteiger partial charge in [0.25, 0.3) is 5.91 Å². The molecule has 11 heteroatoms. The molecule has 0 saturated carbocycles. The molecule has 0 saturated heterocycles. The fourth-order valence-corrected chi connectivity index (χ4v) is 4.44. The van der Waals surface area contributed by atoms with E-state index in [4.69, 9.17) is 9.15 Å². The van der Waals surface area contributed by atoms with Crippen LogP contribution in [0.15, 0.2) is 47.1 Å². The lowest BCUT2D eigenvalue weighted by molar-refractivity contribution is -0.137. The number of ketones is 1. The van der Waals surface area contributed by atoms with Crippen LogP contribution in [0.5, 0.6) is 5.75 Å². The number of benzene rings is 1. The van der Waals surface area contributed by atoms with E-state index in [1.807, 2.05) is 26.8 Å². The first-order valence-electron chi connectivity index (χ1n) is 12.5. The largest absolute Gasteiger partial charge is 0.484 e. The molecule has 7 nitrogen and oxygen atoms in total. The van der Waals surface area contributed by atoms with Crippen molar-refractivity contribution < 1.29 is 36.7 Å². The summed E-state index contributed by atoms with van der Waals surface area (Å²) in [7, 11) is 0. The van der Waals surface area contributed by atoms with E-state index in [1.165, 1.54) is 11.8 Å². The average molecular weight is 557 g/mol. The highest BCUT2D eigenvalue weighted by Gasteiger charge is 2.30. The maximum atomic E-state index is 13.1. The molecule has 0 aliphatic heterocycles. The van der Waals surface area contributed by atoms with E-state index in [2.05, 4.69) is 10.6 Å². The Labute approximate surface area is 225 Å². The summed E-state index contributed by atoms with van der Waals surface area (Å²) in [4.78, 5) is 38.5. The maximum Gasteiger partial charge on any atom is 0.416 e. The first-order valence-corrected chi connectivity index (χ1v) is 13.7. The van der Waals surface area contributed by atoms with Crippen molar-refractivity contribution in [2.24, 2.45) is 5.92 Å². The van der Waals surface area contributed by atoms with E-state index in [-0.39, 0.29) is 23.2 Å². The van der Waals surface area contributed by atoms with Gasteiger partial charge < -0.3 is 19.8 Å². The number of rotatable bonds is 16. The lowest BCUT2D eigenvalue weighted by Crippen LogP contribution is -2.53. The lowest BCUT2D eigenvalue weighted by atomic mass is 10.0. The van der Waals surface area contributed by atoms with Gasteiger partial charge in [-0.3, -0.25) is 14.4 Å². The Morgan fingerprint density at radius 2 is 1.76 bits per heavy atom. The molecule has 2 aromatic rings. The minimum atomic E-state index is -4.47. The third kappa shape index (κ3) is 11.2. The Balaban J connectivity index is 1.94. The molecule has 0 aliphatic rings. The smallest absolute Gasteiger partial charge is 0.416 e. The highest BCUT2D eigenvalue weighted by molar-refractivity contribution is 7.99. The van der Waals surface area contributed by atoms with Crippen LogP contribution in [-0.4, -0.2) is 42.0 Å². The number of alkyl halides is 3. The molecule has 2 amide bonds. The van der Waals surface area contributed by atoms with Gasteiger partial charge in [-0.05, 0) is 55.2 Å². The van der Waals surface area contributed by atoms with Crippen molar-refractivity contribution in [1.82, 2.24) is 10.6 Å². The number of thioether (sulfide) groups is 1. The van der Waals surface area contributed by atoms with E-state index in [1.54, 1.807) is 12.3 Å². The first kappa shape index (κ1) is 31.3. The topological polar surface area (TPSA) is 97.6 Å². The van der Waals surface area contributed by atoms with Crippen LogP contribution in [0.1, 0.15) is 57.8 Å². The van der Waals surface area contributed by atoms with Crippen LogP contribution in [-0.2, 0) is 26.3 Å². The third-order valence-electron chi connectivity index (χ3n) is 5.53. The summed E-state index contributed by atoms with van der Waals surface area (Å²) in [6.45, 7) is 5.31. The molecule has 1 heterocycles. The van der Waals surface area contributed by atoms with Crippen LogP contribution >= 0.6 is 11.8 Å². The number of ether oxygens (including phenoxy) is 1. The molecular weight excluding hydrogens is 521 g/mol. The molecular formula is C27H35F3N2O5S. The molecule has 2 N–H and O–H groups in total. The van der Waals surface area contributed by atoms with Gasteiger partial charge in [0, 0.05) is 0 Å². The highest BCUT2D eigenvalue weighted by atomic mass is 32.2. The summed E-state index contributed by atoms with van der Waals surface area (Å²) < 4.78 is 48.7. The summed E-state index contributed by atoms with van der Waals surface area (Å²) in [6, 6.07) is 6.01. The quantitative estimate of drug-likeness (QED) is 0.288. The standard InChI is InChI=1S/C27H35F3N2O5S/c1-4-5-8-22(24(33)17-38-16-21-7-6-13-36-21)32-26(35)23(14-18(2)3)31-25(34)15-37-20-11-9-19(10-12-20)27(28,29)30/h6-7,9-13,18,22-23H,4-5,8,14-17H2,1-3H3,(H,31,34)(H,32,35)/t22-,23-/m0/s1. The maximum absolute atomic E-state index is 13.1. The van der Waals surface area contributed by atoms with Gasteiger partial charge in [0.15, 0.2) is 12.4 Å². The average Bonchev–Trinajstić information content (AvgIpc) is 3.37. The summed E-state index contributed by atoms with van der Waals surface area (Å²) >= 11 is 1.40. The first-order chi connectivity index (χ1) is 18.0. The van der Waals surface area contributed by atoms with Gasteiger partial charge in [0.1, 0.15) is 17.6 Å². The van der Waals surface area contributed by atoms with E-state index < -0.39 is 42.2 Å². The van der Waals surface area contributed by atoms with Gasteiger partial charge in [0.2, 0.25) is 5.91 Å². The SMILES string of the molecule is CCCC[C@H](NC(=O)[C@H](CC(C)C)NC(=O)COc1ccc(C(F)(F)F)cc1)C(=O)CSCc1ccco1. The van der Waals surface area contributed by atoms with E-state index >= 15 is 0 Å². The van der Waals surface area contributed by atoms with Crippen LogP contribution in [0.4, 0.5) is 13.2 Å². The number of halogens is 3. The molecule has 1 aromatic carbocycles. The van der Waals surface area contributed by atoms with Crippen LogP contribution < -0.4 is 15.4 Å². The molecule has 0 bridgehead atoms. The highest BCUT2D eigenvalue weighted by Crippen LogP contribution is 2.30. The Kier molecular flexibility index (Phi) is 12.7. The minimum Gasteiger partial charge on any atom is -0.484 e. The second-order valence-electron chi connectivity index (χ2n) is 9.30. The number of nitrogens with one attached hydrogen (secondary N) is 2. The van der Waals surface area contributed by atoms with Crippen LogP contribution in [0.3, 0.4) is 0 Å². The fraction of sp³-hybridized carbons (Fsp3) is 0.519. The molecule has 2 atom stereocenters. The van der Waals surface area contributed by atoms with Gasteiger partial charge in [-0.2, -0.15) is 13.2 Å². The molecule has 0 fully saturated rings. The van der Waals surface area contributed by atoms with E-state index in [9.17, 15) is 27.6 Å². The van der Waals surface area contributed by atoms with E-state index in [0.29, 0.717) is 18.6 Å². The zero-order valence-corrected chi connectivity index (χ0v) is 22.6. The van der Waals surface area contributed by atoms with Crippen LogP contribution in [0.2, 0.25) is 0 Å². The van der Waals surface area contributed by atoms with Crippen molar-refractivity contribution in [3.8, 4) is 5.75 Å². The molecule has 38 heavy (non-hydrogen) atoms. The van der Waals surface area contributed by atoms with Gasteiger partial charge >= 0.3 is 6.18 Å². The van der Waals surface area contributed by atoms with Gasteiger partial charge in [-0.25, -0.2) is 0 Å². The van der Waals surface area contributed by atoms with Crippen molar-refractivity contribution in [2.75, 3.05) is 12.4 Å². The summed E-state index contributed by atoms with van der Waals surface area (Å²) in [5, 5.41) is 5.44. The Hall–Kier alpha value is -2.95. The third-order valence-corrected chi connectivity index (χ3v) is 6.51. The Bertz CT molecular complexity index is 1010. The predicted molar refractivity (Wildman–Crippen MR) is 140 cm³/mol. The number of carbonyl (C=O) groups is 3. The monoisotopic (exact) mass is 556 g/mol. The number of unbranched alkanes of at least 4 members (excludes halogenated alkanes) is 1. The number of carbonyl (C=O) groups excluding carboxylic acids is 3. The van der Waals surface area contributed by atoms with Crippen molar-refractivity contribution in [1.29, 1.82) is 0 Å². The molecule has 2 rings (SSSR count). The van der Waals surface area contributed by atoms with Crippen LogP contribution in [0.25, 0.3) is 0 Å². The predicted octanol–water partition coefficient (Wildman–Crippen LogP) is 5.39. The number of Topliss-reactive ketones (excluding diaryl/α,β-unsaturated/α-hetero) is 1. The van der Waals surface area contributed by atoms with Crippen molar-refractivity contribution >= 4 is 29.4 Å². The number of amides is 2. The van der Waals surface area contributed by atoms with Gasteiger partial charge in [-0.15, -0.1) is 11.8 Å². The van der Waals surface area contributed by atoms with Gasteiger partial charge in [-0.1, -0.05) is 33.6 Å². The normalized spacial score (nSPS) is 13.1. The number of hydrogen-bond donors (Lipinski definition) is 2. The second kappa shape index (κ2) is 15.5. The number of furan rings is 1. The van der Waals surface area contributed by atoms with Crippen molar-refractivity contribution in [3.05, 3.63) is 54.0 Å². The molecule has 0 radical (unpaired) electrons. The number of hydrogen-bond acceptors (Lipinski definition) is 6. The Morgan fingerprint density at radius 3 is 2.34 bits per heavy atom. The molecule has 0 spiro atoms. The van der Waals surface area contributed by atoms with Crippen LogP contribution in [0, 0.1) is 5.92 Å². The fourth-order valence-electron chi connectivity index (χ4n) is 3.57. The molecule has 0 aliphatic carbocycles. The summed E-state index contributed by atoms with van der Waals surface area (Å²) in [6.07, 6.45) is -0.475. The second-order valence-corrected chi connectivity index (χ2v) is 10.3. The zero-order valence-electron chi connectivity index (χ0n) is 21.8. The molecule has 1 aromatic heterocycles. The van der Waals surface area contributed by atoms with Crippen molar-refractivity contribution in [2.45, 2.75) is 70.5 Å². The lowest BCUT2D eigenvalue weighted by Gasteiger charge is -2.24. The van der Waals surface area contributed by atoms with E-state index in [0.717, 1.165) is 42.9 Å². The summed E-state index contributed by atoms with van der Waals surface area (Å²) in [5.41, 5.74) is -0.825. The minimum absolute atomic E-state index is 0.0653. The molecule has 210 valence electrons. The Morgan fingerprint density at radius 1 is 1.05 bits per heavy atom. The molecule has 0 unspecified atom stereocenters. The summed E-state index contributed by atoms with van der Waals surface area (Å²) in [5.74, 6) is 0.489. The zero-order chi connectivity index (χ0) is 28.1.